The molecule has 1 aliphatic rings. The summed E-state index contributed by atoms with van der Waals surface area (Å²) in [5.41, 5.74) is 0.811. The molecular formula is C25H26ClNO7. The van der Waals surface area contributed by atoms with Gasteiger partial charge in [-0.15, -0.1) is 0 Å². The lowest BCUT2D eigenvalue weighted by Gasteiger charge is -2.27. The quantitative estimate of drug-likeness (QED) is 0.220. The first-order valence-electron chi connectivity index (χ1n) is 10.8. The number of hydrogen-bond donors (Lipinski definition) is 2. The first-order chi connectivity index (χ1) is 16.3. The lowest BCUT2D eigenvalue weighted by molar-refractivity contribution is -0.140. The maximum atomic E-state index is 13.1. The van der Waals surface area contributed by atoms with E-state index in [1.807, 2.05) is 0 Å². The van der Waals surface area contributed by atoms with Gasteiger partial charge in [0.05, 0.1) is 25.8 Å². The first-order valence-corrected chi connectivity index (χ1v) is 11.1. The molecule has 1 amide bonds. The zero-order chi connectivity index (χ0) is 24.8. The number of aliphatic hydroxyl groups excluding tert-OH is 1. The summed E-state index contributed by atoms with van der Waals surface area (Å²) >= 11 is 5.95. The van der Waals surface area contributed by atoms with Gasteiger partial charge in [-0.3, -0.25) is 14.4 Å². The summed E-state index contributed by atoms with van der Waals surface area (Å²) in [6, 6.07) is 10.4. The van der Waals surface area contributed by atoms with Gasteiger partial charge >= 0.3 is 5.97 Å². The highest BCUT2D eigenvalue weighted by atomic mass is 35.5. The molecule has 2 aromatic rings. The van der Waals surface area contributed by atoms with Crippen LogP contribution in [0.3, 0.4) is 0 Å². The van der Waals surface area contributed by atoms with E-state index < -0.39 is 23.7 Å². The van der Waals surface area contributed by atoms with E-state index in [1.165, 1.54) is 19.1 Å². The van der Waals surface area contributed by atoms with Crippen molar-refractivity contribution in [3.05, 3.63) is 64.2 Å². The fourth-order valence-corrected chi connectivity index (χ4v) is 4.10. The van der Waals surface area contributed by atoms with Crippen LogP contribution >= 0.6 is 11.6 Å². The van der Waals surface area contributed by atoms with Crippen LogP contribution in [0.1, 0.15) is 42.9 Å². The molecule has 1 aliphatic heterocycles. The zero-order valence-corrected chi connectivity index (χ0v) is 19.7. The van der Waals surface area contributed by atoms with Gasteiger partial charge in [0.2, 0.25) is 0 Å². The Labute approximate surface area is 202 Å². The van der Waals surface area contributed by atoms with E-state index in [1.54, 1.807) is 42.5 Å². The van der Waals surface area contributed by atoms with Crippen molar-refractivity contribution in [1.82, 2.24) is 4.90 Å². The van der Waals surface area contributed by atoms with Crippen LogP contribution in [-0.4, -0.2) is 53.5 Å². The fourth-order valence-electron chi connectivity index (χ4n) is 3.98. The molecule has 180 valence electrons. The van der Waals surface area contributed by atoms with E-state index in [2.05, 4.69) is 0 Å². The van der Waals surface area contributed by atoms with Gasteiger partial charge in [-0.25, -0.2) is 0 Å². The maximum absolute atomic E-state index is 13.1. The fraction of sp³-hybridized carbons (Fsp3) is 0.320. The number of ketones is 1. The SMILES string of the molecule is COc1ccc(C2C(=C(O)c3ccc(Cl)cc3)C(=O)C(=O)N2CCCCCC(=O)O)c(OC)c1. The van der Waals surface area contributed by atoms with E-state index in [-0.39, 0.29) is 24.3 Å². The monoisotopic (exact) mass is 487 g/mol. The Kier molecular flexibility index (Phi) is 8.17. The highest BCUT2D eigenvalue weighted by molar-refractivity contribution is 6.46. The Morgan fingerprint density at radius 1 is 1.00 bits per heavy atom. The average molecular weight is 488 g/mol. The van der Waals surface area contributed by atoms with Gasteiger partial charge in [-0.1, -0.05) is 18.0 Å². The second-order valence-corrected chi connectivity index (χ2v) is 8.25. The van der Waals surface area contributed by atoms with Gasteiger partial charge in [-0.2, -0.15) is 0 Å². The lowest BCUT2D eigenvalue weighted by Crippen LogP contribution is -2.31. The van der Waals surface area contributed by atoms with Crippen LogP contribution in [0.15, 0.2) is 48.0 Å². The van der Waals surface area contributed by atoms with Crippen LogP contribution in [0.5, 0.6) is 11.5 Å². The zero-order valence-electron chi connectivity index (χ0n) is 18.9. The second kappa shape index (κ2) is 11.1. The highest BCUT2D eigenvalue weighted by Gasteiger charge is 2.46. The van der Waals surface area contributed by atoms with Crippen molar-refractivity contribution in [2.75, 3.05) is 20.8 Å². The number of nitrogens with zero attached hydrogens (tertiary/aromatic N) is 1. The van der Waals surface area contributed by atoms with Gasteiger partial charge in [0.15, 0.2) is 0 Å². The third-order valence-electron chi connectivity index (χ3n) is 5.68. The number of carbonyl (C=O) groups is 3. The molecule has 0 bridgehead atoms. The largest absolute Gasteiger partial charge is 0.507 e. The first kappa shape index (κ1) is 25.1. The highest BCUT2D eigenvalue weighted by Crippen LogP contribution is 2.43. The summed E-state index contributed by atoms with van der Waals surface area (Å²) in [5, 5.41) is 20.4. The summed E-state index contributed by atoms with van der Waals surface area (Å²) in [6.45, 7) is 0.210. The predicted octanol–water partition coefficient (Wildman–Crippen LogP) is 4.42. The number of halogens is 1. The normalized spacial score (nSPS) is 17.1. The van der Waals surface area contributed by atoms with Crippen molar-refractivity contribution >= 4 is 35.0 Å². The van der Waals surface area contributed by atoms with Crippen molar-refractivity contribution < 1.29 is 34.1 Å². The third kappa shape index (κ3) is 5.34. The van der Waals surface area contributed by atoms with E-state index in [0.29, 0.717) is 46.9 Å². The van der Waals surface area contributed by atoms with Gasteiger partial charge in [0, 0.05) is 35.2 Å². The molecule has 0 radical (unpaired) electrons. The summed E-state index contributed by atoms with van der Waals surface area (Å²) in [6.07, 6.45) is 1.56. The number of unbranched alkanes of at least 4 members (excludes halogenated alkanes) is 2. The molecular weight excluding hydrogens is 462 g/mol. The maximum Gasteiger partial charge on any atom is 0.303 e. The average Bonchev–Trinajstić information content (AvgIpc) is 3.08. The number of amides is 1. The Balaban J connectivity index is 2.06. The van der Waals surface area contributed by atoms with E-state index in [9.17, 15) is 19.5 Å². The summed E-state index contributed by atoms with van der Waals surface area (Å²) < 4.78 is 10.8. The number of hydrogen-bond acceptors (Lipinski definition) is 6. The molecule has 2 N–H and O–H groups in total. The molecule has 1 fully saturated rings. The number of methoxy groups -OCH3 is 2. The summed E-state index contributed by atoms with van der Waals surface area (Å²) in [4.78, 5) is 38.3. The Morgan fingerprint density at radius 3 is 2.32 bits per heavy atom. The van der Waals surface area contributed by atoms with E-state index in [0.717, 1.165) is 0 Å². The number of aliphatic carboxylic acids is 1. The molecule has 34 heavy (non-hydrogen) atoms. The van der Waals surface area contributed by atoms with Crippen molar-refractivity contribution in [2.45, 2.75) is 31.7 Å². The number of carboxylic acids is 1. The third-order valence-corrected chi connectivity index (χ3v) is 5.93. The lowest BCUT2D eigenvalue weighted by atomic mass is 9.94. The second-order valence-electron chi connectivity index (χ2n) is 7.81. The van der Waals surface area contributed by atoms with Gasteiger partial charge in [-0.05, 0) is 49.2 Å². The minimum atomic E-state index is -0.893. The van der Waals surface area contributed by atoms with Crippen LogP contribution < -0.4 is 9.47 Å². The minimum absolute atomic E-state index is 0.0329. The predicted molar refractivity (Wildman–Crippen MR) is 126 cm³/mol. The van der Waals surface area contributed by atoms with Crippen molar-refractivity contribution in [3.8, 4) is 11.5 Å². The topological polar surface area (TPSA) is 113 Å². The van der Waals surface area contributed by atoms with Crippen LogP contribution in [0.25, 0.3) is 5.76 Å². The van der Waals surface area contributed by atoms with Crippen LogP contribution in [0, 0.1) is 0 Å². The molecule has 1 saturated heterocycles. The molecule has 1 heterocycles. The molecule has 8 nitrogen and oxygen atoms in total. The number of carboxylic acid groups (broad SMARTS) is 1. The van der Waals surface area contributed by atoms with Gasteiger partial charge in [0.1, 0.15) is 17.3 Å². The smallest absolute Gasteiger partial charge is 0.303 e. The van der Waals surface area contributed by atoms with E-state index in [4.69, 9.17) is 26.2 Å². The number of carbonyl (C=O) groups excluding carboxylic acids is 2. The Bertz CT molecular complexity index is 1110. The van der Waals surface area contributed by atoms with Crippen LogP contribution in [0.2, 0.25) is 5.02 Å². The van der Waals surface area contributed by atoms with Gasteiger partial charge < -0.3 is 24.6 Å². The van der Waals surface area contributed by atoms with Crippen molar-refractivity contribution in [2.24, 2.45) is 0 Å². The molecule has 9 heteroatoms. The molecule has 0 spiro atoms. The summed E-state index contributed by atoms with van der Waals surface area (Å²) in [5.74, 6) is -1.82. The number of rotatable bonds is 10. The van der Waals surface area contributed by atoms with Crippen LogP contribution in [-0.2, 0) is 14.4 Å². The van der Waals surface area contributed by atoms with Crippen molar-refractivity contribution in [1.29, 1.82) is 0 Å². The Morgan fingerprint density at radius 2 is 1.71 bits per heavy atom. The summed E-state index contributed by atoms with van der Waals surface area (Å²) in [7, 11) is 2.98. The van der Waals surface area contributed by atoms with Gasteiger partial charge in [0.25, 0.3) is 11.7 Å². The van der Waals surface area contributed by atoms with Crippen LogP contribution in [0.4, 0.5) is 0 Å². The van der Waals surface area contributed by atoms with E-state index >= 15 is 0 Å². The standard InChI is InChI=1S/C25H26ClNO7/c1-33-17-11-12-18(19(14-17)34-2)22-21(23(30)15-7-9-16(26)10-8-15)24(31)25(32)27(22)13-5-3-4-6-20(28)29/h7-12,14,22,30H,3-6,13H2,1-2H3,(H,28,29). The molecule has 1 atom stereocenters. The molecule has 2 aromatic carbocycles. The number of aliphatic hydroxyl groups is 1. The number of Topliss-reactive ketones (excluding diaryl/α,β-unsaturated/α-hetero) is 1. The molecule has 0 aliphatic carbocycles. The number of benzene rings is 2. The number of ether oxygens (including phenoxy) is 2. The number of likely N-dealkylation sites (tertiary alicyclic amines) is 1. The molecule has 0 aromatic heterocycles. The molecule has 0 saturated carbocycles. The minimum Gasteiger partial charge on any atom is -0.507 e. The molecule has 3 rings (SSSR count). The Hall–Kier alpha value is -3.52. The molecule has 1 unspecified atom stereocenters. The van der Waals surface area contributed by atoms with Crippen molar-refractivity contribution in [3.63, 3.8) is 0 Å².